The Balaban J connectivity index is 2.46. The molecule has 2 rings (SSSR count). The van der Waals surface area contributed by atoms with Crippen molar-refractivity contribution in [2.75, 3.05) is 4.90 Å². The van der Waals surface area contributed by atoms with Crippen molar-refractivity contribution in [2.45, 2.75) is 53.1 Å². The molecule has 1 aliphatic heterocycles. The standard InChI is InChI=1S/C17H24N2O2/c1-6-14-16(20)18-15(10(2)3)17(21)19(14)13-8-7-11(4)12(5)9-13/h7-10,14-15H,6H2,1-5H3,(H,18,20). The van der Waals surface area contributed by atoms with Gasteiger partial charge in [0, 0.05) is 5.69 Å². The summed E-state index contributed by atoms with van der Waals surface area (Å²) in [6, 6.07) is 5.06. The zero-order valence-electron chi connectivity index (χ0n) is 13.4. The topological polar surface area (TPSA) is 49.4 Å². The Bertz CT molecular complexity index is 566. The number of aryl methyl sites for hydroxylation is 2. The third kappa shape index (κ3) is 2.80. The fourth-order valence-electron chi connectivity index (χ4n) is 2.73. The first kappa shape index (κ1) is 15.5. The number of nitrogens with zero attached hydrogens (tertiary/aromatic N) is 1. The highest BCUT2D eigenvalue weighted by atomic mass is 16.2. The molecule has 4 nitrogen and oxygen atoms in total. The maximum atomic E-state index is 12.8. The van der Waals surface area contributed by atoms with Crippen molar-refractivity contribution in [2.24, 2.45) is 5.92 Å². The van der Waals surface area contributed by atoms with Crippen LogP contribution in [0.2, 0.25) is 0 Å². The van der Waals surface area contributed by atoms with E-state index in [0.717, 1.165) is 11.3 Å². The van der Waals surface area contributed by atoms with Gasteiger partial charge in [0.1, 0.15) is 12.1 Å². The lowest BCUT2D eigenvalue weighted by atomic mass is 9.96. The molecule has 21 heavy (non-hydrogen) atoms. The molecule has 2 amide bonds. The molecule has 4 heteroatoms. The van der Waals surface area contributed by atoms with E-state index in [-0.39, 0.29) is 17.7 Å². The van der Waals surface area contributed by atoms with Crippen molar-refractivity contribution in [3.05, 3.63) is 29.3 Å². The Hall–Kier alpha value is -1.84. The van der Waals surface area contributed by atoms with E-state index >= 15 is 0 Å². The molecule has 2 atom stereocenters. The summed E-state index contributed by atoms with van der Waals surface area (Å²) in [4.78, 5) is 26.8. The second kappa shape index (κ2) is 5.88. The molecule has 1 saturated heterocycles. The number of piperazine rings is 1. The highest BCUT2D eigenvalue weighted by Gasteiger charge is 2.41. The minimum atomic E-state index is -0.443. The third-order valence-electron chi connectivity index (χ3n) is 4.24. The molecule has 0 spiro atoms. The van der Waals surface area contributed by atoms with E-state index in [2.05, 4.69) is 5.32 Å². The number of nitrogens with one attached hydrogen (secondary N) is 1. The van der Waals surface area contributed by atoms with Gasteiger partial charge in [-0.25, -0.2) is 0 Å². The lowest BCUT2D eigenvalue weighted by Gasteiger charge is -2.40. The molecule has 1 aliphatic rings. The molecule has 2 unspecified atom stereocenters. The minimum Gasteiger partial charge on any atom is -0.342 e. The van der Waals surface area contributed by atoms with Gasteiger partial charge in [-0.3, -0.25) is 14.5 Å². The normalized spacial score (nSPS) is 22.7. The van der Waals surface area contributed by atoms with Gasteiger partial charge in [-0.15, -0.1) is 0 Å². The van der Waals surface area contributed by atoms with Gasteiger partial charge in [0.15, 0.2) is 0 Å². The number of hydrogen-bond donors (Lipinski definition) is 1. The molecule has 0 saturated carbocycles. The largest absolute Gasteiger partial charge is 0.342 e. The van der Waals surface area contributed by atoms with E-state index in [9.17, 15) is 9.59 Å². The zero-order chi connectivity index (χ0) is 15.7. The highest BCUT2D eigenvalue weighted by molar-refractivity contribution is 6.08. The van der Waals surface area contributed by atoms with E-state index in [0.29, 0.717) is 6.42 Å². The SMILES string of the molecule is CCC1C(=O)NC(C(C)C)C(=O)N1c1ccc(C)c(C)c1. The van der Waals surface area contributed by atoms with E-state index in [4.69, 9.17) is 0 Å². The molecule has 0 bridgehead atoms. The maximum absolute atomic E-state index is 12.8. The van der Waals surface area contributed by atoms with E-state index in [1.807, 2.05) is 52.8 Å². The molecule has 0 aliphatic carbocycles. The predicted molar refractivity (Wildman–Crippen MR) is 84.2 cm³/mol. The Morgan fingerprint density at radius 1 is 1.19 bits per heavy atom. The molecule has 1 N–H and O–H groups in total. The van der Waals surface area contributed by atoms with Crippen molar-refractivity contribution in [1.29, 1.82) is 0 Å². The first-order chi connectivity index (χ1) is 9.86. The Kier molecular flexibility index (Phi) is 4.35. The Morgan fingerprint density at radius 3 is 2.38 bits per heavy atom. The minimum absolute atomic E-state index is 0.0142. The van der Waals surface area contributed by atoms with Gasteiger partial charge in [0.25, 0.3) is 5.91 Å². The molecule has 0 aromatic heterocycles. The second-order valence-electron chi connectivity index (χ2n) is 6.13. The van der Waals surface area contributed by atoms with Gasteiger partial charge in [-0.05, 0) is 49.4 Å². The molecule has 114 valence electrons. The quantitative estimate of drug-likeness (QED) is 0.929. The molecule has 1 fully saturated rings. The van der Waals surface area contributed by atoms with Crippen LogP contribution in [0.3, 0.4) is 0 Å². The van der Waals surface area contributed by atoms with E-state index < -0.39 is 12.1 Å². The summed E-state index contributed by atoms with van der Waals surface area (Å²) in [5.41, 5.74) is 3.12. The Morgan fingerprint density at radius 2 is 1.86 bits per heavy atom. The van der Waals surface area contributed by atoms with Crippen LogP contribution < -0.4 is 10.2 Å². The van der Waals surface area contributed by atoms with Crippen LogP contribution in [0.5, 0.6) is 0 Å². The number of anilines is 1. The monoisotopic (exact) mass is 288 g/mol. The van der Waals surface area contributed by atoms with Gasteiger partial charge in [0.05, 0.1) is 0 Å². The van der Waals surface area contributed by atoms with Gasteiger partial charge in [0.2, 0.25) is 5.91 Å². The summed E-state index contributed by atoms with van der Waals surface area (Å²) >= 11 is 0. The summed E-state index contributed by atoms with van der Waals surface area (Å²) in [5.74, 6) is 0.00188. The smallest absolute Gasteiger partial charge is 0.250 e. The fraction of sp³-hybridized carbons (Fsp3) is 0.529. The maximum Gasteiger partial charge on any atom is 0.250 e. The van der Waals surface area contributed by atoms with E-state index in [1.165, 1.54) is 5.56 Å². The summed E-state index contributed by atoms with van der Waals surface area (Å²) in [6.45, 7) is 9.90. The van der Waals surface area contributed by atoms with Crippen molar-refractivity contribution in [1.82, 2.24) is 5.32 Å². The summed E-state index contributed by atoms with van der Waals surface area (Å²) in [6.07, 6.45) is 0.606. The summed E-state index contributed by atoms with van der Waals surface area (Å²) in [7, 11) is 0. The zero-order valence-corrected chi connectivity index (χ0v) is 13.4. The van der Waals surface area contributed by atoms with Gasteiger partial charge >= 0.3 is 0 Å². The first-order valence-corrected chi connectivity index (χ1v) is 7.57. The van der Waals surface area contributed by atoms with Crippen LogP contribution in [-0.4, -0.2) is 23.9 Å². The number of benzene rings is 1. The van der Waals surface area contributed by atoms with Crippen LogP contribution >= 0.6 is 0 Å². The van der Waals surface area contributed by atoms with Crippen LogP contribution in [0.25, 0.3) is 0 Å². The first-order valence-electron chi connectivity index (χ1n) is 7.57. The predicted octanol–water partition coefficient (Wildman–Crippen LogP) is 2.57. The van der Waals surface area contributed by atoms with Gasteiger partial charge in [-0.1, -0.05) is 26.8 Å². The van der Waals surface area contributed by atoms with Gasteiger partial charge < -0.3 is 5.32 Å². The fourth-order valence-corrected chi connectivity index (χ4v) is 2.73. The number of rotatable bonds is 3. The summed E-state index contributed by atoms with van der Waals surface area (Å²) in [5, 5.41) is 2.86. The van der Waals surface area contributed by atoms with Crippen molar-refractivity contribution in [3.63, 3.8) is 0 Å². The number of carbonyl (C=O) groups is 2. The lowest BCUT2D eigenvalue weighted by Crippen LogP contribution is -2.64. The molecule has 1 aromatic rings. The second-order valence-corrected chi connectivity index (χ2v) is 6.13. The number of amides is 2. The molecule has 1 aromatic carbocycles. The van der Waals surface area contributed by atoms with Crippen molar-refractivity contribution < 1.29 is 9.59 Å². The van der Waals surface area contributed by atoms with E-state index in [1.54, 1.807) is 4.90 Å². The molecular formula is C17H24N2O2. The highest BCUT2D eigenvalue weighted by Crippen LogP contribution is 2.26. The van der Waals surface area contributed by atoms with Crippen molar-refractivity contribution >= 4 is 17.5 Å². The number of carbonyl (C=O) groups excluding carboxylic acids is 2. The van der Waals surface area contributed by atoms with Crippen LogP contribution in [-0.2, 0) is 9.59 Å². The lowest BCUT2D eigenvalue weighted by molar-refractivity contribution is -0.134. The molecule has 1 heterocycles. The molecule has 0 radical (unpaired) electrons. The van der Waals surface area contributed by atoms with Crippen LogP contribution in [0.4, 0.5) is 5.69 Å². The number of hydrogen-bond acceptors (Lipinski definition) is 2. The van der Waals surface area contributed by atoms with Crippen LogP contribution in [0.1, 0.15) is 38.3 Å². The average Bonchev–Trinajstić information content (AvgIpc) is 2.43. The Labute approximate surface area is 126 Å². The average molecular weight is 288 g/mol. The molecular weight excluding hydrogens is 264 g/mol. The third-order valence-corrected chi connectivity index (χ3v) is 4.24. The van der Waals surface area contributed by atoms with Crippen LogP contribution in [0, 0.1) is 19.8 Å². The van der Waals surface area contributed by atoms with Gasteiger partial charge in [-0.2, -0.15) is 0 Å². The van der Waals surface area contributed by atoms with Crippen LogP contribution in [0.15, 0.2) is 18.2 Å². The summed E-state index contributed by atoms with van der Waals surface area (Å²) < 4.78 is 0. The van der Waals surface area contributed by atoms with Crippen molar-refractivity contribution in [3.8, 4) is 0 Å².